The Morgan fingerprint density at radius 1 is 0.700 bits per heavy atom. The van der Waals surface area contributed by atoms with Crippen LogP contribution in [0.1, 0.15) is 28.2 Å². The van der Waals surface area contributed by atoms with Crippen LogP contribution in [0.4, 0.5) is 0 Å². The van der Waals surface area contributed by atoms with Crippen molar-refractivity contribution in [3.63, 3.8) is 0 Å². The normalized spacial score (nSPS) is 15.1. The van der Waals surface area contributed by atoms with Gasteiger partial charge in [-0.05, 0) is 68.1 Å². The molecule has 10 rings (SSSR count). The molecule has 0 N–H and O–H groups in total. The monoisotopic (exact) mass is 640 g/mol. The van der Waals surface area contributed by atoms with Gasteiger partial charge in [0.2, 0.25) is 0 Å². The number of aromatic nitrogens is 1. The van der Waals surface area contributed by atoms with Crippen LogP contribution in [-0.2, 0) is 6.42 Å². The van der Waals surface area contributed by atoms with Crippen LogP contribution in [0, 0.1) is 0 Å². The van der Waals surface area contributed by atoms with Gasteiger partial charge in [0.25, 0.3) is 0 Å². The number of aliphatic imine (C=N–C) groups is 1. The lowest BCUT2D eigenvalue weighted by Crippen LogP contribution is -2.15. The number of hydrogen-bond acceptors (Lipinski definition) is 2. The van der Waals surface area contributed by atoms with Crippen LogP contribution in [0.3, 0.4) is 0 Å². The van der Waals surface area contributed by atoms with Crippen molar-refractivity contribution in [1.29, 1.82) is 0 Å². The highest BCUT2D eigenvalue weighted by molar-refractivity contribution is 6.26. The fourth-order valence-electron chi connectivity index (χ4n) is 8.50. The van der Waals surface area contributed by atoms with Gasteiger partial charge < -0.3 is 4.74 Å². The molecule has 1 aromatic heterocycles. The lowest BCUT2D eigenvalue weighted by molar-refractivity contribution is 0.462. The summed E-state index contributed by atoms with van der Waals surface area (Å²) in [5.41, 5.74) is 10.8. The Morgan fingerprint density at radius 3 is 2.24 bits per heavy atom. The van der Waals surface area contributed by atoms with Gasteiger partial charge in [0.15, 0.2) is 5.76 Å². The summed E-state index contributed by atoms with van der Waals surface area (Å²) in [7, 11) is 0. The number of nitrogens with zero attached hydrogens (tertiary/aromatic N) is 2. The van der Waals surface area contributed by atoms with Gasteiger partial charge >= 0.3 is 0 Å². The summed E-state index contributed by atoms with van der Waals surface area (Å²) in [6.45, 7) is 8.81. The van der Waals surface area contributed by atoms with Gasteiger partial charge in [-0.1, -0.05) is 147 Å². The first-order valence-corrected chi connectivity index (χ1v) is 17.1. The van der Waals surface area contributed by atoms with Crippen LogP contribution in [-0.4, -0.2) is 10.8 Å². The van der Waals surface area contributed by atoms with E-state index in [0.29, 0.717) is 11.6 Å². The number of hydrogen-bond donors (Lipinski definition) is 0. The van der Waals surface area contributed by atoms with Crippen LogP contribution >= 0.6 is 0 Å². The molecule has 7 aromatic carbocycles. The molecule has 0 spiro atoms. The van der Waals surface area contributed by atoms with E-state index >= 15 is 0 Å². The molecule has 2 aliphatic rings. The van der Waals surface area contributed by atoms with Crippen molar-refractivity contribution in [3.8, 4) is 16.9 Å². The van der Waals surface area contributed by atoms with Crippen LogP contribution in [0.25, 0.3) is 65.9 Å². The first-order valence-electron chi connectivity index (χ1n) is 17.1. The number of rotatable bonds is 5. The maximum Gasteiger partial charge on any atom is 0.153 e. The van der Waals surface area contributed by atoms with Crippen molar-refractivity contribution in [2.45, 2.75) is 12.3 Å². The fraction of sp³-hybridized carbons (Fsp3) is 0.0426. The third-order valence-electron chi connectivity index (χ3n) is 10.6. The van der Waals surface area contributed by atoms with Crippen molar-refractivity contribution in [1.82, 2.24) is 4.57 Å². The Balaban J connectivity index is 1.27. The van der Waals surface area contributed by atoms with Crippen molar-refractivity contribution >= 4 is 61.0 Å². The highest BCUT2D eigenvalue weighted by Crippen LogP contribution is 2.52. The third-order valence-corrected chi connectivity index (χ3v) is 10.6. The van der Waals surface area contributed by atoms with Crippen LogP contribution in [0.15, 0.2) is 170 Å². The van der Waals surface area contributed by atoms with Gasteiger partial charge in [0.05, 0.1) is 17.2 Å². The molecule has 0 saturated carbocycles. The summed E-state index contributed by atoms with van der Waals surface area (Å²) >= 11 is 0. The average molecular weight is 641 g/mol. The summed E-state index contributed by atoms with van der Waals surface area (Å²) in [6.07, 6.45) is 4.58. The summed E-state index contributed by atoms with van der Waals surface area (Å²) < 4.78 is 8.80. The van der Waals surface area contributed by atoms with E-state index in [4.69, 9.17) is 9.73 Å². The second kappa shape index (κ2) is 11.0. The summed E-state index contributed by atoms with van der Waals surface area (Å²) in [6, 6.07) is 49.9. The Labute approximate surface area is 290 Å². The first kappa shape index (κ1) is 28.6. The number of allylic oxidation sites excluding steroid dienone is 3. The van der Waals surface area contributed by atoms with Crippen molar-refractivity contribution in [2.24, 2.45) is 4.99 Å². The molecule has 0 saturated heterocycles. The molecule has 1 aliphatic carbocycles. The zero-order valence-corrected chi connectivity index (χ0v) is 27.4. The number of ether oxygens (including phenoxy) is 1. The van der Waals surface area contributed by atoms with Crippen molar-refractivity contribution in [3.05, 3.63) is 187 Å². The summed E-state index contributed by atoms with van der Waals surface area (Å²) in [5, 5.41) is 7.14. The van der Waals surface area contributed by atoms with E-state index in [-0.39, 0.29) is 5.92 Å². The second-order valence-corrected chi connectivity index (χ2v) is 13.2. The lowest BCUT2D eigenvalue weighted by atomic mass is 9.73. The van der Waals surface area contributed by atoms with E-state index in [1.165, 1.54) is 49.4 Å². The predicted octanol–water partition coefficient (Wildman–Crippen LogP) is 11.9. The van der Waals surface area contributed by atoms with Crippen molar-refractivity contribution in [2.75, 3.05) is 0 Å². The molecule has 0 radical (unpaired) electrons. The summed E-state index contributed by atoms with van der Waals surface area (Å²) in [4.78, 5) is 5.11. The van der Waals surface area contributed by atoms with Gasteiger partial charge in [-0.25, -0.2) is 4.99 Å². The number of fused-ring (bicyclic) bond motifs is 10. The Kier molecular flexibility index (Phi) is 6.31. The van der Waals surface area contributed by atoms with E-state index in [0.717, 1.165) is 45.1 Å². The van der Waals surface area contributed by atoms with E-state index in [1.54, 1.807) is 0 Å². The molecule has 2 heterocycles. The number of para-hydroxylation sites is 1. The Hall–Kier alpha value is -6.45. The molecule has 8 aromatic rings. The largest absolute Gasteiger partial charge is 0.454 e. The zero-order chi connectivity index (χ0) is 33.3. The standard InChI is InChI=1S/C47H32N2O/c1-3-33-35-24-13-18-31-19-14-26-41(43(31)35)50-42(33)28-48-29(2)49-40-25-12-11-23-38(40)45-37-22-10-9-21-36(37)44-34-20-8-7-17-32(34)27-39(46(44)47(45)49)30-15-5-4-6-16-30/h3-26,28,39H,1-2,27H2/b48-28-. The van der Waals surface area contributed by atoms with Gasteiger partial charge in [-0.3, -0.25) is 4.57 Å². The zero-order valence-electron chi connectivity index (χ0n) is 27.4. The molecule has 0 amide bonds. The van der Waals surface area contributed by atoms with Crippen molar-refractivity contribution < 1.29 is 4.74 Å². The van der Waals surface area contributed by atoms with E-state index in [1.807, 2.05) is 24.4 Å². The summed E-state index contributed by atoms with van der Waals surface area (Å²) in [5.74, 6) is 2.23. The van der Waals surface area contributed by atoms with E-state index < -0.39 is 0 Å². The minimum Gasteiger partial charge on any atom is -0.454 e. The topological polar surface area (TPSA) is 26.5 Å². The molecular formula is C47H32N2O. The molecule has 50 heavy (non-hydrogen) atoms. The van der Waals surface area contributed by atoms with Crippen LogP contribution in [0.2, 0.25) is 0 Å². The SMILES string of the molecule is C=CC1=C(/C=N\C(=C)n2c3ccccc3c3c4ccccc4c4c(c32)C(c2ccccc2)Cc2ccccc2-4)Oc2cccc3cccc1c23. The maximum atomic E-state index is 6.52. The van der Waals surface area contributed by atoms with Gasteiger partial charge in [-0.15, -0.1) is 0 Å². The first-order chi connectivity index (χ1) is 24.7. The Bertz CT molecular complexity index is 2790. The van der Waals surface area contributed by atoms with E-state index in [9.17, 15) is 0 Å². The molecule has 3 nitrogen and oxygen atoms in total. The molecule has 1 atom stereocenters. The molecule has 0 bridgehead atoms. The second-order valence-electron chi connectivity index (χ2n) is 13.2. The highest BCUT2D eigenvalue weighted by Gasteiger charge is 2.33. The lowest BCUT2D eigenvalue weighted by Gasteiger charge is -2.31. The minimum atomic E-state index is 0.141. The minimum absolute atomic E-state index is 0.141. The molecule has 3 heteroatoms. The smallest absolute Gasteiger partial charge is 0.153 e. The van der Waals surface area contributed by atoms with Gasteiger partial charge in [0, 0.05) is 27.6 Å². The third kappa shape index (κ3) is 4.07. The van der Waals surface area contributed by atoms with E-state index in [2.05, 4.69) is 145 Å². The predicted molar refractivity (Wildman–Crippen MR) is 210 cm³/mol. The van der Waals surface area contributed by atoms with Gasteiger partial charge in [0.1, 0.15) is 11.6 Å². The molecule has 1 unspecified atom stereocenters. The average Bonchev–Trinajstić information content (AvgIpc) is 3.52. The number of benzene rings is 7. The maximum absolute atomic E-state index is 6.52. The highest BCUT2D eigenvalue weighted by atomic mass is 16.5. The quantitative estimate of drug-likeness (QED) is 0.172. The van der Waals surface area contributed by atoms with Gasteiger partial charge in [-0.2, -0.15) is 0 Å². The fourth-order valence-corrected chi connectivity index (χ4v) is 8.50. The molecule has 1 aliphatic heterocycles. The molecular weight excluding hydrogens is 609 g/mol. The molecule has 0 fully saturated rings. The Morgan fingerprint density at radius 2 is 1.40 bits per heavy atom. The molecule has 236 valence electrons. The van der Waals surface area contributed by atoms with Crippen LogP contribution < -0.4 is 4.74 Å². The van der Waals surface area contributed by atoms with Crippen LogP contribution in [0.5, 0.6) is 5.75 Å².